The molecule has 0 spiro atoms. The van der Waals surface area contributed by atoms with E-state index in [9.17, 15) is 10.1 Å². The fourth-order valence-electron chi connectivity index (χ4n) is 1.20. The first kappa shape index (κ1) is 11.3. The third-order valence-electron chi connectivity index (χ3n) is 1.90. The van der Waals surface area contributed by atoms with Gasteiger partial charge in [-0.3, -0.25) is 14.8 Å². The summed E-state index contributed by atoms with van der Waals surface area (Å²) in [5.41, 5.74) is 0.323. The average Bonchev–Trinajstić information content (AvgIpc) is 2.63. The highest BCUT2D eigenvalue weighted by atomic mass is 35.5. The van der Waals surface area contributed by atoms with Gasteiger partial charge in [0, 0.05) is 13.2 Å². The first-order valence-corrected chi connectivity index (χ1v) is 4.86. The van der Waals surface area contributed by atoms with Crippen molar-refractivity contribution in [2.75, 3.05) is 5.32 Å². The number of nitro groups is 1. The second-order valence-electron chi connectivity index (χ2n) is 3.16. The number of nitrogens with one attached hydrogen (secondary N) is 1. The molecule has 8 nitrogen and oxygen atoms in total. The van der Waals surface area contributed by atoms with Crippen LogP contribution >= 0.6 is 11.6 Å². The Hall–Kier alpha value is -2.22. The van der Waals surface area contributed by atoms with Gasteiger partial charge in [-0.1, -0.05) is 0 Å². The zero-order valence-corrected chi connectivity index (χ0v) is 9.42. The fraction of sp³-hybridized carbons (Fsp3) is 0.125. The van der Waals surface area contributed by atoms with E-state index >= 15 is 0 Å². The summed E-state index contributed by atoms with van der Waals surface area (Å²) in [6, 6.07) is 0. The normalized spacial score (nSPS) is 10.2. The minimum atomic E-state index is -0.588. The number of halogens is 1. The van der Waals surface area contributed by atoms with Gasteiger partial charge in [0.05, 0.1) is 16.8 Å². The fourth-order valence-corrected chi connectivity index (χ4v) is 1.34. The van der Waals surface area contributed by atoms with E-state index in [4.69, 9.17) is 11.6 Å². The van der Waals surface area contributed by atoms with Crippen LogP contribution in [-0.2, 0) is 7.05 Å². The van der Waals surface area contributed by atoms with Gasteiger partial charge in [0.15, 0.2) is 0 Å². The summed E-state index contributed by atoms with van der Waals surface area (Å²) in [4.78, 5) is 17.5. The van der Waals surface area contributed by atoms with Gasteiger partial charge in [-0.15, -0.1) is 0 Å². The average molecular weight is 255 g/mol. The quantitative estimate of drug-likeness (QED) is 0.506. The van der Waals surface area contributed by atoms with Crippen molar-refractivity contribution in [1.82, 2.24) is 19.7 Å². The monoisotopic (exact) mass is 254 g/mol. The molecular weight excluding hydrogens is 248 g/mol. The van der Waals surface area contributed by atoms with Crippen LogP contribution in [0.1, 0.15) is 0 Å². The molecule has 0 unspecified atom stereocenters. The molecule has 2 aromatic rings. The summed E-state index contributed by atoms with van der Waals surface area (Å²) >= 11 is 5.59. The van der Waals surface area contributed by atoms with Crippen LogP contribution in [0.2, 0.25) is 5.28 Å². The van der Waals surface area contributed by atoms with Crippen LogP contribution in [-0.4, -0.2) is 24.7 Å². The minimum absolute atomic E-state index is 0.0306. The minimum Gasteiger partial charge on any atom is -0.332 e. The van der Waals surface area contributed by atoms with Crippen LogP contribution in [0.3, 0.4) is 0 Å². The van der Waals surface area contributed by atoms with Crippen molar-refractivity contribution in [2.45, 2.75) is 0 Å². The van der Waals surface area contributed by atoms with Crippen molar-refractivity contribution in [1.29, 1.82) is 0 Å². The van der Waals surface area contributed by atoms with E-state index in [2.05, 4.69) is 20.4 Å². The van der Waals surface area contributed by atoms with E-state index in [-0.39, 0.29) is 16.8 Å². The topological polar surface area (TPSA) is 98.8 Å². The van der Waals surface area contributed by atoms with Crippen molar-refractivity contribution in [2.24, 2.45) is 7.05 Å². The third-order valence-corrected chi connectivity index (χ3v) is 2.09. The Labute approximate surface area is 100 Å². The first-order chi connectivity index (χ1) is 8.06. The summed E-state index contributed by atoms with van der Waals surface area (Å²) in [6.45, 7) is 0. The molecule has 1 N–H and O–H groups in total. The maximum absolute atomic E-state index is 10.8. The number of aryl methyl sites for hydroxylation is 1. The summed E-state index contributed by atoms with van der Waals surface area (Å²) in [7, 11) is 1.73. The maximum atomic E-state index is 10.8. The predicted molar refractivity (Wildman–Crippen MR) is 60.2 cm³/mol. The lowest BCUT2D eigenvalue weighted by atomic mass is 10.4. The molecule has 2 heterocycles. The van der Waals surface area contributed by atoms with Gasteiger partial charge in [0.2, 0.25) is 11.1 Å². The lowest BCUT2D eigenvalue weighted by Crippen LogP contribution is -2.00. The number of hydrogen-bond acceptors (Lipinski definition) is 6. The number of hydrogen-bond donors (Lipinski definition) is 1. The molecule has 2 rings (SSSR count). The lowest BCUT2D eigenvalue weighted by molar-refractivity contribution is -0.384. The first-order valence-electron chi connectivity index (χ1n) is 4.49. The summed E-state index contributed by atoms with van der Waals surface area (Å²) in [6.07, 6.45) is 4.22. The molecule has 0 amide bonds. The zero-order chi connectivity index (χ0) is 12.4. The molecule has 0 saturated carbocycles. The molecule has 0 aliphatic carbocycles. The highest BCUT2D eigenvalue weighted by Crippen LogP contribution is 2.25. The highest BCUT2D eigenvalue weighted by Gasteiger charge is 2.17. The van der Waals surface area contributed by atoms with Crippen molar-refractivity contribution in [3.8, 4) is 0 Å². The van der Waals surface area contributed by atoms with Crippen molar-refractivity contribution in [3.05, 3.63) is 34.0 Å². The van der Waals surface area contributed by atoms with E-state index < -0.39 is 4.92 Å². The van der Waals surface area contributed by atoms with Gasteiger partial charge in [0.1, 0.15) is 6.20 Å². The Kier molecular flexibility index (Phi) is 2.88. The summed E-state index contributed by atoms with van der Waals surface area (Å²) in [5.74, 6) is 0.0306. The maximum Gasteiger partial charge on any atom is 0.329 e. The zero-order valence-electron chi connectivity index (χ0n) is 8.66. The standard InChI is InChI=1S/C8H7ClN6O2/c1-14-4-5(2-11-14)12-7-6(15(16)17)3-10-8(9)13-7/h2-4H,1H3,(H,10,12,13). The van der Waals surface area contributed by atoms with Gasteiger partial charge in [-0.2, -0.15) is 10.1 Å². The molecule has 0 bridgehead atoms. The molecule has 9 heteroatoms. The van der Waals surface area contributed by atoms with E-state index in [1.807, 2.05) is 0 Å². The highest BCUT2D eigenvalue weighted by molar-refractivity contribution is 6.28. The van der Waals surface area contributed by atoms with Gasteiger partial charge >= 0.3 is 5.69 Å². The van der Waals surface area contributed by atoms with Crippen molar-refractivity contribution < 1.29 is 4.92 Å². The molecule has 0 radical (unpaired) electrons. The molecular formula is C8H7ClN6O2. The Morgan fingerprint density at radius 3 is 2.88 bits per heavy atom. The predicted octanol–water partition coefficient (Wildman–Crippen LogP) is 1.52. The van der Waals surface area contributed by atoms with Crippen LogP contribution in [0.5, 0.6) is 0 Å². The largest absolute Gasteiger partial charge is 0.332 e. The van der Waals surface area contributed by atoms with Crippen LogP contribution in [0.15, 0.2) is 18.6 Å². The molecule has 2 aromatic heterocycles. The molecule has 0 saturated heterocycles. The molecule has 0 aromatic carbocycles. The smallest absolute Gasteiger partial charge is 0.329 e. The molecule has 88 valence electrons. The van der Waals surface area contributed by atoms with E-state index in [1.54, 1.807) is 17.9 Å². The van der Waals surface area contributed by atoms with Gasteiger partial charge in [0.25, 0.3) is 0 Å². The second-order valence-corrected chi connectivity index (χ2v) is 3.50. The Balaban J connectivity index is 2.37. The number of rotatable bonds is 3. The van der Waals surface area contributed by atoms with Crippen LogP contribution in [0.25, 0.3) is 0 Å². The van der Waals surface area contributed by atoms with Crippen LogP contribution < -0.4 is 5.32 Å². The van der Waals surface area contributed by atoms with Gasteiger partial charge < -0.3 is 5.32 Å². The summed E-state index contributed by atoms with van der Waals surface area (Å²) < 4.78 is 1.55. The lowest BCUT2D eigenvalue weighted by Gasteiger charge is -2.02. The summed E-state index contributed by atoms with van der Waals surface area (Å²) in [5, 5.41) is 17.4. The van der Waals surface area contributed by atoms with Crippen molar-refractivity contribution >= 4 is 28.8 Å². The van der Waals surface area contributed by atoms with Gasteiger partial charge in [-0.05, 0) is 11.6 Å². The van der Waals surface area contributed by atoms with Gasteiger partial charge in [-0.25, -0.2) is 4.98 Å². The number of nitrogens with zero attached hydrogens (tertiary/aromatic N) is 5. The molecule has 0 fully saturated rings. The third kappa shape index (κ3) is 2.48. The van der Waals surface area contributed by atoms with Crippen molar-refractivity contribution in [3.63, 3.8) is 0 Å². The van der Waals surface area contributed by atoms with E-state index in [0.29, 0.717) is 5.69 Å². The van der Waals surface area contributed by atoms with Crippen LogP contribution in [0, 0.1) is 10.1 Å². The van der Waals surface area contributed by atoms with E-state index in [0.717, 1.165) is 6.20 Å². The van der Waals surface area contributed by atoms with Crippen LogP contribution in [0.4, 0.5) is 17.2 Å². The molecule has 17 heavy (non-hydrogen) atoms. The number of aromatic nitrogens is 4. The molecule has 0 aliphatic rings. The SMILES string of the molecule is Cn1cc(Nc2nc(Cl)ncc2[N+](=O)[O-])cn1. The Morgan fingerprint density at radius 2 is 2.29 bits per heavy atom. The number of anilines is 2. The second kappa shape index (κ2) is 4.34. The van der Waals surface area contributed by atoms with E-state index in [1.165, 1.54) is 6.20 Å². The Morgan fingerprint density at radius 1 is 1.53 bits per heavy atom. The molecule has 0 atom stereocenters. The molecule has 0 aliphatic heterocycles. The Bertz CT molecular complexity index is 569.